The van der Waals surface area contributed by atoms with E-state index in [1.807, 2.05) is 6.92 Å². The van der Waals surface area contributed by atoms with Gasteiger partial charge in [0.05, 0.1) is 5.75 Å². The molecule has 7 nitrogen and oxygen atoms in total. The van der Waals surface area contributed by atoms with Gasteiger partial charge in [-0.3, -0.25) is 19.7 Å². The highest BCUT2D eigenvalue weighted by atomic mass is 32.2. The fourth-order valence-corrected chi connectivity index (χ4v) is 3.31. The van der Waals surface area contributed by atoms with Crippen molar-refractivity contribution in [2.24, 2.45) is 0 Å². The maximum atomic E-state index is 11.8. The zero-order chi connectivity index (χ0) is 15.4. The molecule has 1 aliphatic heterocycles. The summed E-state index contributed by atoms with van der Waals surface area (Å²) in [7, 11) is 0. The Bertz CT molecular complexity index is 585. The van der Waals surface area contributed by atoms with Crippen LogP contribution in [0.15, 0.2) is 0 Å². The summed E-state index contributed by atoms with van der Waals surface area (Å²) in [5.74, 6) is -0.916. The molecule has 2 heterocycles. The van der Waals surface area contributed by atoms with Gasteiger partial charge in [0.15, 0.2) is 0 Å². The molecule has 1 aromatic rings. The van der Waals surface area contributed by atoms with Crippen LogP contribution in [-0.2, 0) is 20.8 Å². The molecular formula is C11H12N4O3S3. The zero-order valence-electron chi connectivity index (χ0n) is 11.1. The number of likely N-dealkylation sites (tertiary alicyclic amines) is 1. The van der Waals surface area contributed by atoms with Crippen LogP contribution in [0.25, 0.3) is 0 Å². The number of anilines is 1. The minimum Gasteiger partial charge on any atom is -0.300 e. The molecule has 1 fully saturated rings. The van der Waals surface area contributed by atoms with Gasteiger partial charge in [-0.05, 0) is 6.42 Å². The number of nitrogens with one attached hydrogen (secondary N) is 1. The summed E-state index contributed by atoms with van der Waals surface area (Å²) in [5.41, 5.74) is 0. The monoisotopic (exact) mass is 344 g/mol. The zero-order valence-corrected chi connectivity index (χ0v) is 13.6. The normalized spacial score (nSPS) is 14.6. The van der Waals surface area contributed by atoms with Crippen molar-refractivity contribution in [3.8, 4) is 0 Å². The lowest BCUT2D eigenvalue weighted by Gasteiger charge is -2.13. The van der Waals surface area contributed by atoms with Crippen LogP contribution < -0.4 is 5.32 Å². The Morgan fingerprint density at radius 2 is 2.05 bits per heavy atom. The van der Waals surface area contributed by atoms with Gasteiger partial charge >= 0.3 is 0 Å². The minimum absolute atomic E-state index is 0.0108. The summed E-state index contributed by atoms with van der Waals surface area (Å²) in [4.78, 5) is 35.7. The van der Waals surface area contributed by atoms with Crippen molar-refractivity contribution in [2.45, 2.75) is 26.2 Å². The molecule has 0 unspecified atom stereocenters. The lowest BCUT2D eigenvalue weighted by molar-refractivity contribution is -0.133. The average molecular weight is 344 g/mol. The molecule has 21 heavy (non-hydrogen) atoms. The Balaban J connectivity index is 1.82. The molecule has 0 spiro atoms. The Morgan fingerprint density at radius 1 is 1.38 bits per heavy atom. The summed E-state index contributed by atoms with van der Waals surface area (Å²) in [6.45, 7) is 1.95. The van der Waals surface area contributed by atoms with Crippen molar-refractivity contribution in [3.05, 3.63) is 5.01 Å². The van der Waals surface area contributed by atoms with Crippen molar-refractivity contribution >= 4 is 62.5 Å². The number of thiocarbonyl (C=S) groups is 1. The maximum absolute atomic E-state index is 11.8. The molecule has 112 valence electrons. The topological polar surface area (TPSA) is 92.3 Å². The van der Waals surface area contributed by atoms with Gasteiger partial charge < -0.3 is 0 Å². The summed E-state index contributed by atoms with van der Waals surface area (Å²) < 4.78 is 0.115. The van der Waals surface area contributed by atoms with Gasteiger partial charge in [0.1, 0.15) is 9.33 Å². The third-order valence-corrected chi connectivity index (χ3v) is 4.93. The van der Waals surface area contributed by atoms with Crippen LogP contribution in [0, 0.1) is 0 Å². The number of imide groups is 1. The van der Waals surface area contributed by atoms with Crippen LogP contribution in [0.3, 0.4) is 0 Å². The number of hydrogen-bond acceptors (Lipinski definition) is 8. The number of rotatable bonds is 4. The van der Waals surface area contributed by atoms with E-state index in [4.69, 9.17) is 12.2 Å². The van der Waals surface area contributed by atoms with E-state index in [0.29, 0.717) is 5.13 Å². The van der Waals surface area contributed by atoms with Gasteiger partial charge in [0.2, 0.25) is 22.9 Å². The van der Waals surface area contributed by atoms with Crippen LogP contribution in [0.4, 0.5) is 5.13 Å². The van der Waals surface area contributed by atoms with Gasteiger partial charge in [-0.25, -0.2) is 4.90 Å². The second kappa shape index (κ2) is 7.05. The van der Waals surface area contributed by atoms with E-state index in [1.54, 1.807) is 0 Å². The van der Waals surface area contributed by atoms with E-state index >= 15 is 0 Å². The smallest absolute Gasteiger partial charge is 0.236 e. The highest BCUT2D eigenvalue weighted by molar-refractivity contribution is 8.23. The van der Waals surface area contributed by atoms with E-state index in [0.717, 1.165) is 28.1 Å². The number of amides is 3. The van der Waals surface area contributed by atoms with Crippen molar-refractivity contribution < 1.29 is 14.4 Å². The Morgan fingerprint density at radius 3 is 2.62 bits per heavy atom. The van der Waals surface area contributed by atoms with Gasteiger partial charge in [-0.1, -0.05) is 42.2 Å². The molecule has 0 saturated carbocycles. The first-order valence-electron chi connectivity index (χ1n) is 6.16. The van der Waals surface area contributed by atoms with Crippen LogP contribution in [0.5, 0.6) is 0 Å². The first-order valence-corrected chi connectivity index (χ1v) is 8.37. The molecular weight excluding hydrogens is 332 g/mol. The highest BCUT2D eigenvalue weighted by Crippen LogP contribution is 2.20. The third kappa shape index (κ3) is 4.05. The Hall–Kier alpha value is -1.39. The number of carbonyl (C=O) groups is 3. The van der Waals surface area contributed by atoms with Gasteiger partial charge in [0.25, 0.3) is 0 Å². The average Bonchev–Trinajstić information content (AvgIpc) is 3.03. The third-order valence-electron chi connectivity index (χ3n) is 2.58. The number of aromatic nitrogens is 2. The highest BCUT2D eigenvalue weighted by Gasteiger charge is 2.32. The second-order valence-corrected chi connectivity index (χ2v) is 6.75. The molecule has 0 aromatic carbocycles. The summed E-state index contributed by atoms with van der Waals surface area (Å²) in [6.07, 6.45) is 1.11. The van der Waals surface area contributed by atoms with E-state index < -0.39 is 0 Å². The predicted molar refractivity (Wildman–Crippen MR) is 84.1 cm³/mol. The van der Waals surface area contributed by atoms with Crippen molar-refractivity contribution in [2.75, 3.05) is 11.1 Å². The summed E-state index contributed by atoms with van der Waals surface area (Å²) in [6, 6.07) is 0. The molecule has 10 heteroatoms. The van der Waals surface area contributed by atoms with E-state index in [1.165, 1.54) is 11.3 Å². The van der Waals surface area contributed by atoms with Gasteiger partial charge in [-0.2, -0.15) is 0 Å². The molecule has 0 atom stereocenters. The molecule has 1 aromatic heterocycles. The molecule has 1 saturated heterocycles. The number of aryl methyl sites for hydroxylation is 1. The largest absolute Gasteiger partial charge is 0.300 e. The van der Waals surface area contributed by atoms with Crippen LogP contribution in [0.1, 0.15) is 24.8 Å². The summed E-state index contributed by atoms with van der Waals surface area (Å²) >= 11 is 7.30. The van der Waals surface area contributed by atoms with E-state index in [-0.39, 0.29) is 40.6 Å². The maximum Gasteiger partial charge on any atom is 0.236 e. The van der Waals surface area contributed by atoms with Crippen molar-refractivity contribution in [1.82, 2.24) is 15.1 Å². The number of nitrogens with zero attached hydrogens (tertiary/aromatic N) is 3. The number of carbonyl (C=O) groups excluding carboxylic acids is 3. The Kier molecular flexibility index (Phi) is 5.37. The quantitative estimate of drug-likeness (QED) is 0.648. The van der Waals surface area contributed by atoms with Gasteiger partial charge in [-0.15, -0.1) is 10.2 Å². The molecule has 3 amide bonds. The predicted octanol–water partition coefficient (Wildman–Crippen LogP) is 1.21. The molecule has 0 bridgehead atoms. The molecule has 1 aliphatic rings. The number of thioether (sulfide) groups is 1. The van der Waals surface area contributed by atoms with Crippen LogP contribution in [-0.4, -0.2) is 42.9 Å². The van der Waals surface area contributed by atoms with E-state index in [2.05, 4.69) is 15.5 Å². The fourth-order valence-electron chi connectivity index (χ4n) is 1.57. The fraction of sp³-hybridized carbons (Fsp3) is 0.455. The molecule has 1 N–H and O–H groups in total. The van der Waals surface area contributed by atoms with Crippen LogP contribution >= 0.6 is 35.3 Å². The second-order valence-electron chi connectivity index (χ2n) is 4.08. The Labute approximate surface area is 134 Å². The lowest BCUT2D eigenvalue weighted by Crippen LogP contribution is -2.33. The molecule has 0 radical (unpaired) electrons. The lowest BCUT2D eigenvalue weighted by atomic mass is 10.4. The molecule has 2 rings (SSSR count). The first-order chi connectivity index (χ1) is 10.0. The first kappa shape index (κ1) is 16.0. The SMILES string of the molecule is CCc1nnc(NC(=O)CSC(=S)N2C(=O)CCC2=O)s1. The van der Waals surface area contributed by atoms with Crippen LogP contribution in [0.2, 0.25) is 0 Å². The standard InChI is InChI=1S/C11H12N4O3S3/c1-2-7-13-14-10(21-7)12-6(16)5-20-11(19)15-8(17)3-4-9(15)18/h2-5H2,1H3,(H,12,14,16). The summed E-state index contributed by atoms with van der Waals surface area (Å²) in [5, 5.41) is 11.6. The minimum atomic E-state index is -0.311. The van der Waals surface area contributed by atoms with Crippen molar-refractivity contribution in [3.63, 3.8) is 0 Å². The number of hydrogen-bond donors (Lipinski definition) is 1. The van der Waals surface area contributed by atoms with Crippen molar-refractivity contribution in [1.29, 1.82) is 0 Å². The molecule has 0 aliphatic carbocycles. The van der Waals surface area contributed by atoms with E-state index in [9.17, 15) is 14.4 Å². The van der Waals surface area contributed by atoms with Gasteiger partial charge in [0, 0.05) is 12.8 Å².